The van der Waals surface area contributed by atoms with Crippen LogP contribution in [0.1, 0.15) is 25.5 Å². The lowest BCUT2D eigenvalue weighted by Gasteiger charge is -2.28. The Bertz CT molecular complexity index is 584. The molecule has 0 N–H and O–H groups in total. The van der Waals surface area contributed by atoms with Crippen molar-refractivity contribution in [1.82, 2.24) is 9.97 Å². The number of esters is 1. The number of ether oxygens (including phenoxy) is 2. The molecule has 0 bridgehead atoms. The van der Waals surface area contributed by atoms with Gasteiger partial charge in [-0.3, -0.25) is 0 Å². The Hall–Kier alpha value is -2.37. The highest BCUT2D eigenvalue weighted by atomic mass is 16.5. The zero-order valence-electron chi connectivity index (χ0n) is 13.2. The van der Waals surface area contributed by atoms with Crippen LogP contribution in [0.25, 0.3) is 0 Å². The van der Waals surface area contributed by atoms with Gasteiger partial charge in [0, 0.05) is 6.20 Å². The molecule has 1 atom stereocenters. The number of rotatable bonds is 6. The van der Waals surface area contributed by atoms with Crippen molar-refractivity contribution in [3.8, 4) is 5.88 Å². The first-order valence-electron chi connectivity index (χ1n) is 7.35. The molecular weight excluding hydrogens is 282 g/mol. The number of hydrogen-bond donors (Lipinski definition) is 0. The van der Waals surface area contributed by atoms with E-state index in [2.05, 4.69) is 16.9 Å². The molecule has 0 aromatic carbocycles. The van der Waals surface area contributed by atoms with Gasteiger partial charge in [-0.1, -0.05) is 25.5 Å². The highest BCUT2D eigenvalue weighted by Gasteiger charge is 2.28. The Kier molecular flexibility index (Phi) is 5.52. The molecule has 0 saturated carbocycles. The van der Waals surface area contributed by atoms with Crippen molar-refractivity contribution in [2.24, 2.45) is 0 Å². The van der Waals surface area contributed by atoms with Gasteiger partial charge in [-0.15, -0.1) is 0 Å². The minimum Gasteiger partial charge on any atom is -0.478 e. The first-order chi connectivity index (χ1) is 10.7. The zero-order valence-corrected chi connectivity index (χ0v) is 13.2. The van der Waals surface area contributed by atoms with Crippen LogP contribution < -0.4 is 9.64 Å². The monoisotopic (exact) mass is 303 g/mol. The molecule has 2 heterocycles. The number of allylic oxidation sites excluding steroid dienone is 2. The number of aryl methyl sites for hydroxylation is 1. The summed E-state index contributed by atoms with van der Waals surface area (Å²) in [7, 11) is 1.53. The molecule has 0 aliphatic carbocycles. The predicted octanol–water partition coefficient (Wildman–Crippen LogP) is 2.40. The van der Waals surface area contributed by atoms with E-state index in [9.17, 15) is 4.79 Å². The van der Waals surface area contributed by atoms with Crippen LogP contribution in [-0.2, 0) is 9.53 Å². The van der Waals surface area contributed by atoms with Crippen LogP contribution >= 0.6 is 0 Å². The largest absolute Gasteiger partial charge is 0.478 e. The molecule has 0 fully saturated rings. The van der Waals surface area contributed by atoms with Gasteiger partial charge in [0.25, 0.3) is 5.88 Å². The lowest BCUT2D eigenvalue weighted by molar-refractivity contribution is -0.144. The standard InChI is InChI=1S/C16H21N3O3/c1-4-5-10-22-16(20)13-8-6-7-9-19(13)14-15(21-3)18-12(2)11-17-14/h6-9,11,13H,4-5,10H2,1-3H3. The number of methoxy groups -OCH3 is 1. The smallest absolute Gasteiger partial charge is 0.333 e. The van der Waals surface area contributed by atoms with E-state index in [1.165, 1.54) is 7.11 Å². The van der Waals surface area contributed by atoms with Gasteiger partial charge >= 0.3 is 5.97 Å². The molecule has 1 aromatic heterocycles. The van der Waals surface area contributed by atoms with Crippen LogP contribution in [-0.4, -0.2) is 35.7 Å². The van der Waals surface area contributed by atoms with Crippen LogP contribution in [0.15, 0.2) is 30.6 Å². The molecule has 22 heavy (non-hydrogen) atoms. The van der Waals surface area contributed by atoms with Crippen molar-refractivity contribution < 1.29 is 14.3 Å². The molecule has 1 unspecified atom stereocenters. The van der Waals surface area contributed by atoms with E-state index in [-0.39, 0.29) is 5.97 Å². The van der Waals surface area contributed by atoms with E-state index in [1.54, 1.807) is 23.4 Å². The molecular formula is C16H21N3O3. The van der Waals surface area contributed by atoms with Crippen LogP contribution in [0, 0.1) is 6.92 Å². The van der Waals surface area contributed by atoms with Gasteiger partial charge in [0.1, 0.15) is 0 Å². The van der Waals surface area contributed by atoms with Crippen LogP contribution in [0.2, 0.25) is 0 Å². The molecule has 1 aliphatic heterocycles. The Labute approximate surface area is 130 Å². The van der Waals surface area contributed by atoms with E-state index in [0.29, 0.717) is 18.3 Å². The second-order valence-corrected chi connectivity index (χ2v) is 4.94. The Morgan fingerprint density at radius 3 is 2.95 bits per heavy atom. The maximum Gasteiger partial charge on any atom is 0.333 e. The molecule has 118 valence electrons. The van der Waals surface area contributed by atoms with Crippen LogP contribution in [0.3, 0.4) is 0 Å². The topological polar surface area (TPSA) is 64.5 Å². The van der Waals surface area contributed by atoms with Crippen molar-refractivity contribution in [3.63, 3.8) is 0 Å². The van der Waals surface area contributed by atoms with Gasteiger partial charge in [-0.2, -0.15) is 0 Å². The number of hydrogen-bond acceptors (Lipinski definition) is 6. The summed E-state index contributed by atoms with van der Waals surface area (Å²) in [5.74, 6) is 0.566. The van der Waals surface area contributed by atoms with Crippen molar-refractivity contribution >= 4 is 11.8 Å². The van der Waals surface area contributed by atoms with Crippen molar-refractivity contribution in [1.29, 1.82) is 0 Å². The first-order valence-corrected chi connectivity index (χ1v) is 7.35. The van der Waals surface area contributed by atoms with E-state index < -0.39 is 6.04 Å². The molecule has 0 amide bonds. The number of anilines is 1. The molecule has 1 aromatic rings. The molecule has 1 aliphatic rings. The summed E-state index contributed by atoms with van der Waals surface area (Å²) in [5, 5.41) is 0. The fraction of sp³-hybridized carbons (Fsp3) is 0.438. The molecule has 0 saturated heterocycles. The molecule has 2 rings (SSSR count). The van der Waals surface area contributed by atoms with Gasteiger partial charge < -0.3 is 14.4 Å². The van der Waals surface area contributed by atoms with Gasteiger partial charge in [0.15, 0.2) is 11.9 Å². The summed E-state index contributed by atoms with van der Waals surface area (Å²) in [4.78, 5) is 22.6. The second kappa shape index (κ2) is 7.59. The average molecular weight is 303 g/mol. The lowest BCUT2D eigenvalue weighted by Crippen LogP contribution is -2.39. The maximum absolute atomic E-state index is 12.3. The van der Waals surface area contributed by atoms with E-state index in [0.717, 1.165) is 18.5 Å². The molecule has 6 heteroatoms. The third-order valence-electron chi connectivity index (χ3n) is 3.22. The van der Waals surface area contributed by atoms with Crippen LogP contribution in [0.5, 0.6) is 5.88 Å². The van der Waals surface area contributed by atoms with Crippen LogP contribution in [0.4, 0.5) is 5.82 Å². The van der Waals surface area contributed by atoms with Crippen molar-refractivity contribution in [2.75, 3.05) is 18.6 Å². The predicted molar refractivity (Wildman–Crippen MR) is 83.7 cm³/mol. The third-order valence-corrected chi connectivity index (χ3v) is 3.22. The van der Waals surface area contributed by atoms with Gasteiger partial charge in [-0.05, 0) is 19.4 Å². The number of carbonyl (C=O) groups excluding carboxylic acids is 1. The highest BCUT2D eigenvalue weighted by Crippen LogP contribution is 2.27. The van der Waals surface area contributed by atoms with Gasteiger partial charge in [-0.25, -0.2) is 14.8 Å². The van der Waals surface area contributed by atoms with E-state index in [1.807, 2.05) is 19.1 Å². The lowest BCUT2D eigenvalue weighted by atomic mass is 10.2. The Morgan fingerprint density at radius 2 is 2.23 bits per heavy atom. The summed E-state index contributed by atoms with van der Waals surface area (Å²) in [6.45, 7) is 4.31. The van der Waals surface area contributed by atoms with E-state index >= 15 is 0 Å². The molecule has 0 radical (unpaired) electrons. The normalized spacial score (nSPS) is 16.7. The SMILES string of the molecule is CCCCOC(=O)C1C=CC=CN1c1ncc(C)nc1OC. The third kappa shape index (κ3) is 3.63. The second-order valence-electron chi connectivity index (χ2n) is 4.94. The van der Waals surface area contributed by atoms with Crippen molar-refractivity contribution in [3.05, 3.63) is 36.3 Å². The summed E-state index contributed by atoms with van der Waals surface area (Å²) in [6, 6.07) is -0.562. The highest BCUT2D eigenvalue weighted by molar-refractivity contribution is 5.84. The number of aromatic nitrogens is 2. The number of nitrogens with zero attached hydrogens (tertiary/aromatic N) is 3. The van der Waals surface area contributed by atoms with E-state index in [4.69, 9.17) is 9.47 Å². The average Bonchev–Trinajstić information content (AvgIpc) is 2.55. The molecule has 6 nitrogen and oxygen atoms in total. The fourth-order valence-electron chi connectivity index (χ4n) is 2.06. The minimum atomic E-state index is -0.562. The maximum atomic E-state index is 12.3. The number of carbonyl (C=O) groups is 1. The quantitative estimate of drug-likeness (QED) is 0.594. The fourth-order valence-corrected chi connectivity index (χ4v) is 2.06. The summed E-state index contributed by atoms with van der Waals surface area (Å²) in [6.07, 6.45) is 10.7. The van der Waals surface area contributed by atoms with Crippen molar-refractivity contribution in [2.45, 2.75) is 32.7 Å². The summed E-state index contributed by atoms with van der Waals surface area (Å²) < 4.78 is 10.6. The summed E-state index contributed by atoms with van der Waals surface area (Å²) >= 11 is 0. The number of unbranched alkanes of at least 4 members (excludes halogenated alkanes) is 1. The Balaban J connectivity index is 2.22. The Morgan fingerprint density at radius 1 is 1.41 bits per heavy atom. The van der Waals surface area contributed by atoms with Gasteiger partial charge in [0.05, 0.1) is 25.6 Å². The first kappa shape index (κ1) is 16.0. The van der Waals surface area contributed by atoms with Gasteiger partial charge in [0.2, 0.25) is 0 Å². The molecule has 0 spiro atoms. The minimum absolute atomic E-state index is 0.307. The zero-order chi connectivity index (χ0) is 15.9. The summed E-state index contributed by atoms with van der Waals surface area (Å²) in [5.41, 5.74) is 0.749.